The first-order valence-corrected chi connectivity index (χ1v) is 14.1. The second kappa shape index (κ2) is 7.04. The Morgan fingerprint density at radius 3 is 2.84 bits per heavy atom. The van der Waals surface area contributed by atoms with Gasteiger partial charge in [0.05, 0.1) is 0 Å². The number of esters is 1. The molecule has 1 heterocycles. The average Bonchev–Trinajstić information content (AvgIpc) is 3.17. The molecule has 5 fully saturated rings. The van der Waals surface area contributed by atoms with E-state index in [0.717, 1.165) is 54.7 Å². The molecule has 1 saturated heterocycles. The van der Waals surface area contributed by atoms with Crippen LogP contribution in [0.25, 0.3) is 0 Å². The fourth-order valence-corrected chi connectivity index (χ4v) is 12.1. The van der Waals surface area contributed by atoms with E-state index >= 15 is 0 Å². The summed E-state index contributed by atoms with van der Waals surface area (Å²) in [4.78, 5) is 24.5. The number of carbonyl (C=O) groups is 1. The van der Waals surface area contributed by atoms with Gasteiger partial charge < -0.3 is 0 Å². The van der Waals surface area contributed by atoms with Crippen LogP contribution in [-0.2, 0) is 9.53 Å². The maximum absolute atomic E-state index is 13.1. The molecule has 172 valence electrons. The summed E-state index contributed by atoms with van der Waals surface area (Å²) in [5, 5.41) is 23.5. The summed E-state index contributed by atoms with van der Waals surface area (Å²) in [7, 11) is 0. The monoisotopic (exact) mass is 505 g/mol. The number of ether oxygens (including phenoxy) is 1. The van der Waals surface area contributed by atoms with Gasteiger partial charge >= 0.3 is 195 Å². The van der Waals surface area contributed by atoms with Gasteiger partial charge in [-0.3, -0.25) is 0 Å². The van der Waals surface area contributed by atoms with Crippen LogP contribution in [0.5, 0.6) is 0 Å². The normalized spacial score (nSPS) is 46.3. The number of nitro groups is 1. The first kappa shape index (κ1) is 21.1. The van der Waals surface area contributed by atoms with Gasteiger partial charge in [0, 0.05) is 0 Å². The Labute approximate surface area is 194 Å². The molecule has 1 aromatic rings. The third-order valence-corrected chi connectivity index (χ3v) is 12.7. The number of para-hydroxylation sites is 1. The zero-order chi connectivity index (χ0) is 22.3. The summed E-state index contributed by atoms with van der Waals surface area (Å²) < 4.78 is 6.75. The number of aliphatic hydroxyl groups is 1. The molecule has 6 rings (SSSR count). The molecule has 1 aromatic carbocycles. The summed E-state index contributed by atoms with van der Waals surface area (Å²) in [6.45, 7) is 2.67. The number of rotatable bonds is 4. The predicted molar refractivity (Wildman–Crippen MR) is 120 cm³/mol. The van der Waals surface area contributed by atoms with E-state index in [1.165, 1.54) is 0 Å². The number of carbonyl (C=O) groups excluding carboxylic acids is 1. The van der Waals surface area contributed by atoms with E-state index in [1.807, 2.05) is 12.1 Å². The summed E-state index contributed by atoms with van der Waals surface area (Å²) in [5.74, 6) is 1.42. The molecule has 0 aromatic heterocycles. The van der Waals surface area contributed by atoms with Crippen LogP contribution in [0.3, 0.4) is 0 Å². The van der Waals surface area contributed by atoms with E-state index in [4.69, 9.17) is 4.74 Å². The minimum absolute atomic E-state index is 0.0271. The molecule has 1 N–H and O–H groups in total. The first-order chi connectivity index (χ1) is 15.3. The van der Waals surface area contributed by atoms with Gasteiger partial charge in [-0.25, -0.2) is 0 Å². The molecule has 4 aliphatic carbocycles. The topological polar surface area (TPSA) is 89.7 Å². The first-order valence-electron chi connectivity index (χ1n) is 12.0. The molecule has 0 unspecified atom stereocenters. The Kier molecular flexibility index (Phi) is 4.64. The number of hydrogen-bond donors (Lipinski definition) is 1. The van der Waals surface area contributed by atoms with E-state index in [9.17, 15) is 20.0 Å². The zero-order valence-electron chi connectivity index (χ0n) is 18.5. The van der Waals surface area contributed by atoms with Crippen molar-refractivity contribution in [2.24, 2.45) is 39.9 Å². The van der Waals surface area contributed by atoms with Gasteiger partial charge in [0.25, 0.3) is 0 Å². The van der Waals surface area contributed by atoms with Crippen LogP contribution in [0.15, 0.2) is 24.3 Å². The van der Waals surface area contributed by atoms with Crippen LogP contribution in [-0.4, -0.2) is 43.7 Å². The number of aliphatic hydroxyl groups excluding tert-OH is 1. The van der Waals surface area contributed by atoms with Crippen molar-refractivity contribution in [1.82, 2.24) is 0 Å². The average molecular weight is 504 g/mol. The quantitative estimate of drug-likeness (QED) is 0.294. The van der Waals surface area contributed by atoms with Crippen LogP contribution in [0.1, 0.15) is 51.9 Å². The number of benzene rings is 1. The van der Waals surface area contributed by atoms with Crippen LogP contribution in [0.4, 0.5) is 5.69 Å². The van der Waals surface area contributed by atoms with Crippen LogP contribution >= 0.6 is 0 Å². The number of nitrogens with zero attached hydrogens (tertiary/aromatic N) is 1. The molecule has 7 heteroatoms. The van der Waals surface area contributed by atoms with Crippen LogP contribution in [0, 0.1) is 50.0 Å². The van der Waals surface area contributed by atoms with E-state index in [0.29, 0.717) is 24.4 Å². The zero-order valence-corrected chi connectivity index (χ0v) is 20.2. The van der Waals surface area contributed by atoms with Crippen molar-refractivity contribution < 1.29 is 19.6 Å². The fourth-order valence-electron chi connectivity index (χ4n) is 9.26. The standard InChI is InChI=1S/C25H31NO5Se/c1-23-9-4-10-24(14-31-22(23)28)20-8-7-15-11-25(20,12-18(15)27)16(21(23)24)13-32-19-6-3-2-5-17(19)26(29)30/h2-3,5-6,15-16,18,20-21,27H,4,7-14H2,1H3/t15-,16+,18+,20+,21-,23-,24-,25+/m1/s1. The Morgan fingerprint density at radius 2 is 2.03 bits per heavy atom. The number of nitro benzene ring substituents is 1. The Balaban J connectivity index is 1.44. The summed E-state index contributed by atoms with van der Waals surface area (Å²) >= 11 is -0.0499. The molecule has 0 radical (unpaired) electrons. The van der Waals surface area contributed by atoms with Crippen molar-refractivity contribution in [3.05, 3.63) is 34.4 Å². The fraction of sp³-hybridized carbons (Fsp3) is 0.720. The second-order valence-electron chi connectivity index (χ2n) is 11.3. The third kappa shape index (κ3) is 2.59. The molecule has 0 amide bonds. The van der Waals surface area contributed by atoms with Crippen molar-refractivity contribution in [3.63, 3.8) is 0 Å². The summed E-state index contributed by atoms with van der Waals surface area (Å²) in [5.41, 5.74) is -0.164. The molecule has 6 nitrogen and oxygen atoms in total. The molecular weight excluding hydrogens is 473 g/mol. The van der Waals surface area contributed by atoms with Crippen molar-refractivity contribution >= 4 is 31.1 Å². The maximum atomic E-state index is 13.1. The molecule has 1 spiro atoms. The van der Waals surface area contributed by atoms with E-state index in [1.54, 1.807) is 12.1 Å². The van der Waals surface area contributed by atoms with Gasteiger partial charge in [0.15, 0.2) is 0 Å². The van der Waals surface area contributed by atoms with Crippen molar-refractivity contribution in [3.8, 4) is 0 Å². The molecule has 1 aliphatic heterocycles. The van der Waals surface area contributed by atoms with Crippen molar-refractivity contribution in [2.75, 3.05) is 6.61 Å². The predicted octanol–water partition coefficient (Wildman–Crippen LogP) is 3.49. The molecule has 4 bridgehead atoms. The van der Waals surface area contributed by atoms with Crippen molar-refractivity contribution in [1.29, 1.82) is 0 Å². The van der Waals surface area contributed by atoms with E-state index < -0.39 is 5.41 Å². The van der Waals surface area contributed by atoms with Crippen LogP contribution < -0.4 is 4.46 Å². The van der Waals surface area contributed by atoms with Gasteiger partial charge in [-0.1, -0.05) is 0 Å². The summed E-state index contributed by atoms with van der Waals surface area (Å²) in [6, 6.07) is 7.14. The summed E-state index contributed by atoms with van der Waals surface area (Å²) in [6.07, 6.45) is 6.91. The Morgan fingerprint density at radius 1 is 1.22 bits per heavy atom. The van der Waals surface area contributed by atoms with E-state index in [2.05, 4.69) is 6.92 Å². The molecule has 8 atom stereocenters. The van der Waals surface area contributed by atoms with Gasteiger partial charge in [-0.15, -0.1) is 0 Å². The van der Waals surface area contributed by atoms with E-state index in [-0.39, 0.29) is 54.4 Å². The molecular formula is C25H31NO5Se. The molecule has 32 heavy (non-hydrogen) atoms. The third-order valence-electron chi connectivity index (χ3n) is 10.2. The number of cyclic esters (lactones) is 1. The Bertz CT molecular complexity index is 981. The van der Waals surface area contributed by atoms with Crippen LogP contribution in [0.2, 0.25) is 5.32 Å². The second-order valence-corrected chi connectivity index (χ2v) is 13.5. The minimum atomic E-state index is -0.463. The number of fused-ring (bicyclic) bond motifs is 1. The SMILES string of the molecule is C[C@]12CCC[C@@]3(COC1=O)[C@@H]1CC[C@@H]4C[C@]1(C[C@@H]4O)[C@@H](C[Se]c1ccccc1[N+](=O)[O-])[C@@H]32. The molecule has 4 saturated carbocycles. The number of hydrogen-bond acceptors (Lipinski definition) is 5. The molecule has 5 aliphatic rings. The van der Waals surface area contributed by atoms with Gasteiger partial charge in [-0.05, 0) is 0 Å². The van der Waals surface area contributed by atoms with Crippen molar-refractivity contribution in [2.45, 2.75) is 63.3 Å². The van der Waals surface area contributed by atoms with Gasteiger partial charge in [-0.2, -0.15) is 0 Å². The van der Waals surface area contributed by atoms with Gasteiger partial charge in [0.1, 0.15) is 0 Å². The van der Waals surface area contributed by atoms with Gasteiger partial charge in [0.2, 0.25) is 0 Å². The Hall–Kier alpha value is -1.43.